The number of morpholine rings is 1. The van der Waals surface area contributed by atoms with Gasteiger partial charge in [-0.2, -0.15) is 0 Å². The van der Waals surface area contributed by atoms with Crippen molar-refractivity contribution >= 4 is 52.2 Å². The van der Waals surface area contributed by atoms with Gasteiger partial charge in [0.05, 0.1) is 17.3 Å². The van der Waals surface area contributed by atoms with E-state index in [-0.39, 0.29) is 36.3 Å². The number of carbonyl (C=O) groups is 3. The Kier molecular flexibility index (Phi) is 7.39. The maximum atomic E-state index is 13.0. The Morgan fingerprint density at radius 1 is 1.16 bits per heavy atom. The quantitative estimate of drug-likeness (QED) is 0.639. The first-order chi connectivity index (χ1) is 15.5. The minimum atomic E-state index is -0.336. The van der Waals surface area contributed by atoms with Gasteiger partial charge >= 0.3 is 0 Å². The number of nitrogens with one attached hydrogen (secondary N) is 2. The van der Waals surface area contributed by atoms with Crippen LogP contribution < -0.4 is 10.6 Å². The van der Waals surface area contributed by atoms with Gasteiger partial charge in [-0.25, -0.2) is 4.98 Å². The summed E-state index contributed by atoms with van der Waals surface area (Å²) in [7, 11) is 0. The minimum absolute atomic E-state index is 0.0354. The SMILES string of the molecule is O=C(Nc1ccc(Cl)cn1)c1sccc1NC(=O)C1CCC[C@@H](N2CCOCC2=O)CC1. The number of rotatable bonds is 5. The lowest BCUT2D eigenvalue weighted by atomic mass is 9.99. The van der Waals surface area contributed by atoms with Crippen molar-refractivity contribution in [3.63, 3.8) is 0 Å². The predicted octanol–water partition coefficient (Wildman–Crippen LogP) is 3.80. The summed E-state index contributed by atoms with van der Waals surface area (Å²) in [5.74, 6) is -0.149. The molecule has 1 saturated carbocycles. The van der Waals surface area contributed by atoms with E-state index in [2.05, 4.69) is 15.6 Å². The highest BCUT2D eigenvalue weighted by Crippen LogP contribution is 2.30. The molecule has 32 heavy (non-hydrogen) atoms. The zero-order valence-electron chi connectivity index (χ0n) is 17.5. The molecule has 0 spiro atoms. The van der Waals surface area contributed by atoms with Gasteiger partial charge in [-0.3, -0.25) is 14.4 Å². The Bertz CT molecular complexity index is 981. The molecule has 10 heteroatoms. The van der Waals surface area contributed by atoms with Crippen LogP contribution in [0.2, 0.25) is 5.02 Å². The van der Waals surface area contributed by atoms with Gasteiger partial charge in [-0.05, 0) is 49.3 Å². The van der Waals surface area contributed by atoms with Crippen molar-refractivity contribution in [2.24, 2.45) is 5.92 Å². The fraction of sp³-hybridized carbons (Fsp3) is 0.455. The number of aromatic nitrogens is 1. The Morgan fingerprint density at radius 3 is 2.81 bits per heavy atom. The van der Waals surface area contributed by atoms with Crippen LogP contribution in [-0.2, 0) is 14.3 Å². The summed E-state index contributed by atoms with van der Waals surface area (Å²) >= 11 is 7.09. The Labute approximate surface area is 195 Å². The number of carbonyl (C=O) groups excluding carboxylic acids is 3. The molecule has 3 amide bonds. The molecule has 3 heterocycles. The van der Waals surface area contributed by atoms with Gasteiger partial charge in [0, 0.05) is 24.7 Å². The van der Waals surface area contributed by atoms with Crippen molar-refractivity contribution in [1.29, 1.82) is 0 Å². The topological polar surface area (TPSA) is 101 Å². The summed E-state index contributed by atoms with van der Waals surface area (Å²) in [5, 5.41) is 7.91. The average molecular weight is 477 g/mol. The summed E-state index contributed by atoms with van der Waals surface area (Å²) in [4.78, 5) is 44.2. The fourth-order valence-corrected chi connectivity index (χ4v) is 5.07. The van der Waals surface area contributed by atoms with E-state index in [0.717, 1.165) is 25.7 Å². The second-order valence-corrected chi connectivity index (χ2v) is 9.32. The van der Waals surface area contributed by atoms with E-state index in [4.69, 9.17) is 16.3 Å². The van der Waals surface area contributed by atoms with E-state index in [9.17, 15) is 14.4 Å². The van der Waals surface area contributed by atoms with Gasteiger partial charge in [0.25, 0.3) is 5.91 Å². The maximum Gasteiger partial charge on any atom is 0.269 e. The first kappa shape index (κ1) is 22.7. The second-order valence-electron chi connectivity index (χ2n) is 7.97. The number of hydrogen-bond acceptors (Lipinski definition) is 6. The van der Waals surface area contributed by atoms with E-state index in [1.807, 2.05) is 4.90 Å². The van der Waals surface area contributed by atoms with Gasteiger partial charge in [0.1, 0.15) is 17.3 Å². The van der Waals surface area contributed by atoms with Gasteiger partial charge in [-0.15, -0.1) is 11.3 Å². The number of nitrogens with zero attached hydrogens (tertiary/aromatic N) is 2. The highest BCUT2D eigenvalue weighted by molar-refractivity contribution is 7.12. The number of thiophene rings is 1. The van der Waals surface area contributed by atoms with Crippen molar-refractivity contribution in [2.45, 2.75) is 38.1 Å². The Hall–Kier alpha value is -2.49. The van der Waals surface area contributed by atoms with E-state index < -0.39 is 0 Å². The maximum absolute atomic E-state index is 13.0. The standard InChI is InChI=1S/C22H25ClN4O4S/c23-15-5-7-18(24-12-15)26-22(30)20-17(8-11-32-20)25-21(29)14-2-1-3-16(6-4-14)27-9-10-31-13-19(27)28/h5,7-8,11-12,14,16H,1-4,6,9-10,13H2,(H,25,29)(H,24,26,30)/t14?,16-/m1/s1. The van der Waals surface area contributed by atoms with Crippen LogP contribution in [0, 0.1) is 5.92 Å². The molecule has 1 saturated heterocycles. The molecule has 2 N–H and O–H groups in total. The minimum Gasteiger partial charge on any atom is -0.370 e. The van der Waals surface area contributed by atoms with Gasteiger partial charge in [-0.1, -0.05) is 18.0 Å². The molecule has 0 radical (unpaired) electrons. The largest absolute Gasteiger partial charge is 0.370 e. The van der Waals surface area contributed by atoms with Crippen LogP contribution in [0.5, 0.6) is 0 Å². The molecule has 2 atom stereocenters. The fourth-order valence-electron chi connectivity index (χ4n) is 4.21. The van der Waals surface area contributed by atoms with E-state index in [1.165, 1.54) is 17.5 Å². The summed E-state index contributed by atoms with van der Waals surface area (Å²) in [6, 6.07) is 5.16. The molecule has 170 valence electrons. The van der Waals surface area contributed by atoms with Crippen molar-refractivity contribution in [3.05, 3.63) is 39.7 Å². The second kappa shape index (κ2) is 10.4. The molecule has 1 unspecified atom stereocenters. The number of amides is 3. The smallest absolute Gasteiger partial charge is 0.269 e. The zero-order chi connectivity index (χ0) is 22.5. The highest BCUT2D eigenvalue weighted by atomic mass is 35.5. The third-order valence-electron chi connectivity index (χ3n) is 5.87. The number of pyridine rings is 1. The molecule has 2 aromatic rings. The Morgan fingerprint density at radius 2 is 2.03 bits per heavy atom. The molecule has 2 aromatic heterocycles. The molecule has 1 aliphatic heterocycles. The lowest BCUT2D eigenvalue weighted by Gasteiger charge is -2.34. The number of ether oxygens (including phenoxy) is 1. The van der Waals surface area contributed by atoms with E-state index >= 15 is 0 Å². The highest BCUT2D eigenvalue weighted by Gasteiger charge is 2.31. The van der Waals surface area contributed by atoms with Crippen LogP contribution in [0.4, 0.5) is 11.5 Å². The van der Waals surface area contributed by atoms with Gasteiger partial charge in [0.2, 0.25) is 11.8 Å². The summed E-state index contributed by atoms with van der Waals surface area (Å²) in [6.07, 6.45) is 5.51. The molecule has 2 aliphatic rings. The molecular formula is C22H25ClN4O4S. The van der Waals surface area contributed by atoms with Gasteiger partial charge in [0.15, 0.2) is 0 Å². The van der Waals surface area contributed by atoms with Gasteiger partial charge < -0.3 is 20.3 Å². The molecule has 0 aromatic carbocycles. The number of anilines is 2. The third kappa shape index (κ3) is 5.46. The molecule has 4 rings (SSSR count). The van der Waals surface area contributed by atoms with E-state index in [1.54, 1.807) is 23.6 Å². The van der Waals surface area contributed by atoms with Crippen molar-refractivity contribution < 1.29 is 19.1 Å². The molecular weight excluding hydrogens is 452 g/mol. The molecule has 1 aliphatic carbocycles. The van der Waals surface area contributed by atoms with Crippen LogP contribution in [0.1, 0.15) is 41.8 Å². The van der Waals surface area contributed by atoms with Crippen LogP contribution in [-0.4, -0.2) is 53.4 Å². The summed E-state index contributed by atoms with van der Waals surface area (Å²) in [6.45, 7) is 1.34. The summed E-state index contributed by atoms with van der Waals surface area (Å²) in [5.41, 5.74) is 0.496. The number of halogens is 1. The average Bonchev–Trinajstić information content (AvgIpc) is 3.10. The van der Waals surface area contributed by atoms with E-state index in [0.29, 0.717) is 41.0 Å². The summed E-state index contributed by atoms with van der Waals surface area (Å²) < 4.78 is 5.23. The normalized spacial score (nSPS) is 21.7. The lowest BCUT2D eigenvalue weighted by molar-refractivity contribution is -0.146. The molecule has 8 nitrogen and oxygen atoms in total. The predicted molar refractivity (Wildman–Crippen MR) is 123 cm³/mol. The van der Waals surface area contributed by atoms with Crippen molar-refractivity contribution in [3.8, 4) is 0 Å². The monoisotopic (exact) mass is 476 g/mol. The first-order valence-corrected chi connectivity index (χ1v) is 12.0. The molecule has 2 fully saturated rings. The van der Waals surface area contributed by atoms with Crippen LogP contribution >= 0.6 is 22.9 Å². The Balaban J connectivity index is 1.35. The van der Waals surface area contributed by atoms with Crippen LogP contribution in [0.25, 0.3) is 0 Å². The molecule has 0 bridgehead atoms. The third-order valence-corrected chi connectivity index (χ3v) is 7.01. The number of hydrogen-bond donors (Lipinski definition) is 2. The van der Waals surface area contributed by atoms with Crippen LogP contribution in [0.3, 0.4) is 0 Å². The first-order valence-electron chi connectivity index (χ1n) is 10.7. The van der Waals surface area contributed by atoms with Crippen LogP contribution in [0.15, 0.2) is 29.8 Å². The van der Waals surface area contributed by atoms with Crippen molar-refractivity contribution in [2.75, 3.05) is 30.4 Å². The van der Waals surface area contributed by atoms with Crippen molar-refractivity contribution in [1.82, 2.24) is 9.88 Å². The lowest BCUT2D eigenvalue weighted by Crippen LogP contribution is -2.47. The zero-order valence-corrected chi connectivity index (χ0v) is 19.1.